The van der Waals surface area contributed by atoms with Crippen molar-refractivity contribution in [2.24, 2.45) is 4.99 Å². The van der Waals surface area contributed by atoms with Crippen molar-refractivity contribution < 1.29 is 4.42 Å². The Bertz CT molecular complexity index is 449. The van der Waals surface area contributed by atoms with E-state index >= 15 is 0 Å². The first-order valence-electron chi connectivity index (χ1n) is 8.25. The van der Waals surface area contributed by atoms with Gasteiger partial charge < -0.3 is 15.1 Å². The Hall–Kier alpha value is -1.75. The van der Waals surface area contributed by atoms with Crippen molar-refractivity contribution in [1.29, 1.82) is 0 Å². The van der Waals surface area contributed by atoms with Gasteiger partial charge in [0.15, 0.2) is 5.96 Å². The van der Waals surface area contributed by atoms with Gasteiger partial charge in [-0.15, -0.1) is 6.58 Å². The van der Waals surface area contributed by atoms with Crippen LogP contribution in [0.4, 0.5) is 0 Å². The van der Waals surface area contributed by atoms with Crippen molar-refractivity contribution in [3.8, 4) is 0 Å². The molecule has 122 valence electrons. The fourth-order valence-corrected chi connectivity index (χ4v) is 2.78. The Labute approximate surface area is 133 Å². The third-order valence-corrected chi connectivity index (χ3v) is 3.88. The van der Waals surface area contributed by atoms with Crippen molar-refractivity contribution in [2.75, 3.05) is 32.7 Å². The first-order chi connectivity index (χ1) is 10.8. The molecule has 1 aliphatic rings. The highest BCUT2D eigenvalue weighted by Gasteiger charge is 2.24. The normalized spacial score (nSPS) is 18.0. The van der Waals surface area contributed by atoms with Crippen LogP contribution in [-0.4, -0.2) is 43.6 Å². The van der Waals surface area contributed by atoms with Gasteiger partial charge in [0.1, 0.15) is 5.76 Å². The minimum Gasteiger partial charge on any atom is -0.468 e. The van der Waals surface area contributed by atoms with Crippen molar-refractivity contribution in [3.05, 3.63) is 36.8 Å². The average Bonchev–Trinajstić information content (AvgIpc) is 3.08. The summed E-state index contributed by atoms with van der Waals surface area (Å²) in [6.07, 6.45) is 7.43. The van der Waals surface area contributed by atoms with E-state index in [4.69, 9.17) is 9.41 Å². The lowest BCUT2D eigenvalue weighted by Crippen LogP contribution is -2.39. The van der Waals surface area contributed by atoms with Gasteiger partial charge in [0.25, 0.3) is 0 Å². The second-order valence-electron chi connectivity index (χ2n) is 5.52. The quantitative estimate of drug-likeness (QED) is 0.462. The maximum Gasteiger partial charge on any atom is 0.191 e. The number of nitrogens with one attached hydrogen (secondary N) is 2. The van der Waals surface area contributed by atoms with Crippen LogP contribution in [-0.2, 0) is 0 Å². The van der Waals surface area contributed by atoms with E-state index in [2.05, 4.69) is 35.1 Å². The molecule has 2 rings (SSSR count). The highest BCUT2D eigenvalue weighted by molar-refractivity contribution is 5.79. The first kappa shape index (κ1) is 16.6. The molecule has 0 aliphatic carbocycles. The van der Waals surface area contributed by atoms with Gasteiger partial charge >= 0.3 is 0 Å². The van der Waals surface area contributed by atoms with Crippen molar-refractivity contribution in [1.82, 2.24) is 15.5 Å². The second kappa shape index (κ2) is 9.30. The zero-order chi connectivity index (χ0) is 15.6. The molecule has 0 aromatic carbocycles. The van der Waals surface area contributed by atoms with Gasteiger partial charge in [0.2, 0.25) is 0 Å². The monoisotopic (exact) mass is 304 g/mol. The summed E-state index contributed by atoms with van der Waals surface area (Å²) in [5, 5.41) is 6.51. The van der Waals surface area contributed by atoms with Gasteiger partial charge in [-0.25, -0.2) is 0 Å². The second-order valence-corrected chi connectivity index (χ2v) is 5.52. The molecule has 1 saturated heterocycles. The Kier molecular flexibility index (Phi) is 7.03. The fraction of sp³-hybridized carbons (Fsp3) is 0.588. The lowest BCUT2D eigenvalue weighted by atomic mass is 10.1. The van der Waals surface area contributed by atoms with E-state index in [0.717, 1.165) is 31.4 Å². The predicted octanol–water partition coefficient (Wildman–Crippen LogP) is 2.55. The minimum atomic E-state index is 0.217. The highest BCUT2D eigenvalue weighted by atomic mass is 16.3. The van der Waals surface area contributed by atoms with Crippen LogP contribution in [0.2, 0.25) is 0 Å². The third-order valence-electron chi connectivity index (χ3n) is 3.88. The molecular weight excluding hydrogens is 276 g/mol. The summed E-state index contributed by atoms with van der Waals surface area (Å²) < 4.78 is 5.65. The van der Waals surface area contributed by atoms with Gasteiger partial charge in [-0.3, -0.25) is 9.89 Å². The molecule has 1 unspecified atom stereocenters. The van der Waals surface area contributed by atoms with Crippen LogP contribution in [0.3, 0.4) is 0 Å². The number of hydrogen-bond acceptors (Lipinski definition) is 3. The van der Waals surface area contributed by atoms with Crippen LogP contribution in [0.25, 0.3) is 0 Å². The molecule has 22 heavy (non-hydrogen) atoms. The van der Waals surface area contributed by atoms with Crippen molar-refractivity contribution >= 4 is 5.96 Å². The summed E-state index contributed by atoms with van der Waals surface area (Å²) in [4.78, 5) is 7.22. The summed E-state index contributed by atoms with van der Waals surface area (Å²) in [6.45, 7) is 10.3. The number of furan rings is 1. The van der Waals surface area contributed by atoms with Crippen LogP contribution >= 0.6 is 0 Å². The summed E-state index contributed by atoms with van der Waals surface area (Å²) >= 11 is 0. The first-order valence-corrected chi connectivity index (χ1v) is 8.25. The fourth-order valence-electron chi connectivity index (χ4n) is 2.78. The van der Waals surface area contributed by atoms with Gasteiger partial charge in [-0.1, -0.05) is 12.5 Å². The summed E-state index contributed by atoms with van der Waals surface area (Å²) in [5.41, 5.74) is 0. The molecule has 2 heterocycles. The number of likely N-dealkylation sites (tertiary alicyclic amines) is 1. The van der Waals surface area contributed by atoms with Gasteiger partial charge in [-0.05, 0) is 45.0 Å². The zero-order valence-electron chi connectivity index (χ0n) is 13.6. The van der Waals surface area contributed by atoms with E-state index in [1.165, 1.54) is 19.3 Å². The third kappa shape index (κ3) is 4.91. The summed E-state index contributed by atoms with van der Waals surface area (Å²) in [6, 6.07) is 4.23. The SMILES string of the molecule is C=CCNC(=NCC(c1ccco1)N1CCCCC1)NCC. The maximum absolute atomic E-state index is 5.65. The van der Waals surface area contributed by atoms with Crippen LogP contribution in [0.1, 0.15) is 38.0 Å². The number of aliphatic imine (C=N–C) groups is 1. The lowest BCUT2D eigenvalue weighted by Gasteiger charge is -2.32. The van der Waals surface area contributed by atoms with Crippen LogP contribution < -0.4 is 10.6 Å². The van der Waals surface area contributed by atoms with Gasteiger partial charge in [0.05, 0.1) is 18.8 Å². The number of nitrogens with zero attached hydrogens (tertiary/aromatic N) is 2. The molecule has 0 saturated carbocycles. The van der Waals surface area contributed by atoms with Crippen LogP contribution in [0.5, 0.6) is 0 Å². The van der Waals surface area contributed by atoms with E-state index in [9.17, 15) is 0 Å². The number of guanidine groups is 1. The Morgan fingerprint density at radius 1 is 1.41 bits per heavy atom. The minimum absolute atomic E-state index is 0.217. The molecule has 0 spiro atoms. The smallest absolute Gasteiger partial charge is 0.191 e. The standard InChI is InChI=1S/C17H28N4O/c1-3-10-19-17(18-4-2)20-14-15(16-9-8-13-22-16)21-11-6-5-7-12-21/h3,8-9,13,15H,1,4-7,10-12,14H2,2H3,(H2,18,19,20). The van der Waals surface area contributed by atoms with Crippen molar-refractivity contribution in [2.45, 2.75) is 32.2 Å². The zero-order valence-corrected chi connectivity index (χ0v) is 13.6. The van der Waals surface area contributed by atoms with Gasteiger partial charge in [-0.2, -0.15) is 0 Å². The molecule has 0 radical (unpaired) electrons. The molecule has 1 aromatic heterocycles. The number of rotatable bonds is 7. The average molecular weight is 304 g/mol. The predicted molar refractivity (Wildman–Crippen MR) is 91.1 cm³/mol. The number of hydrogen-bond donors (Lipinski definition) is 2. The van der Waals surface area contributed by atoms with E-state index < -0.39 is 0 Å². The molecular formula is C17H28N4O. The van der Waals surface area contributed by atoms with E-state index in [1.54, 1.807) is 6.26 Å². The molecule has 0 bridgehead atoms. The molecule has 5 nitrogen and oxygen atoms in total. The van der Waals surface area contributed by atoms with E-state index in [1.807, 2.05) is 12.1 Å². The van der Waals surface area contributed by atoms with Crippen LogP contribution in [0, 0.1) is 0 Å². The van der Waals surface area contributed by atoms with E-state index in [-0.39, 0.29) is 6.04 Å². The molecule has 5 heteroatoms. The van der Waals surface area contributed by atoms with E-state index in [0.29, 0.717) is 13.1 Å². The van der Waals surface area contributed by atoms with Crippen molar-refractivity contribution in [3.63, 3.8) is 0 Å². The van der Waals surface area contributed by atoms with Crippen LogP contribution in [0.15, 0.2) is 40.5 Å². The Balaban J connectivity index is 2.05. The lowest BCUT2D eigenvalue weighted by molar-refractivity contribution is 0.150. The Morgan fingerprint density at radius 2 is 2.23 bits per heavy atom. The maximum atomic E-state index is 5.65. The topological polar surface area (TPSA) is 52.8 Å². The Morgan fingerprint density at radius 3 is 2.86 bits per heavy atom. The largest absolute Gasteiger partial charge is 0.468 e. The molecule has 0 amide bonds. The molecule has 1 atom stereocenters. The van der Waals surface area contributed by atoms with Gasteiger partial charge in [0, 0.05) is 13.1 Å². The molecule has 1 fully saturated rings. The number of piperidine rings is 1. The summed E-state index contributed by atoms with van der Waals surface area (Å²) in [5.74, 6) is 1.83. The molecule has 1 aromatic rings. The highest BCUT2D eigenvalue weighted by Crippen LogP contribution is 2.25. The molecule has 1 aliphatic heterocycles. The molecule has 2 N–H and O–H groups in total. The summed E-state index contributed by atoms with van der Waals surface area (Å²) in [7, 11) is 0.